The molecule has 0 radical (unpaired) electrons. The summed E-state index contributed by atoms with van der Waals surface area (Å²) in [7, 11) is 5.48. The van der Waals surface area contributed by atoms with Gasteiger partial charge in [0.15, 0.2) is 0 Å². The maximum Gasteiger partial charge on any atom is 0.127 e. The second-order valence-electron chi connectivity index (χ2n) is 7.07. The standard InChI is InChI=1S/C20H35N3O4/c1-22-8-10-23(11-9-22)15-18(24)16-27-20-13-19(26-3)6-5-17(20)14-21-7-4-12-25-2/h5-6,13,18,21,24H,4,7-12,14-16H2,1-3H3. The van der Waals surface area contributed by atoms with Gasteiger partial charge >= 0.3 is 0 Å². The number of piperazine rings is 1. The lowest BCUT2D eigenvalue weighted by Crippen LogP contribution is -2.47. The molecule has 0 aromatic heterocycles. The predicted octanol–water partition coefficient (Wildman–Crippen LogP) is 0.808. The second kappa shape index (κ2) is 12.2. The van der Waals surface area contributed by atoms with Crippen molar-refractivity contribution in [3.05, 3.63) is 23.8 Å². The average Bonchev–Trinajstić information content (AvgIpc) is 2.68. The molecule has 1 unspecified atom stereocenters. The monoisotopic (exact) mass is 381 g/mol. The van der Waals surface area contributed by atoms with E-state index in [0.717, 1.165) is 62.8 Å². The molecule has 0 amide bonds. The van der Waals surface area contributed by atoms with Crippen molar-refractivity contribution in [1.82, 2.24) is 15.1 Å². The predicted molar refractivity (Wildman–Crippen MR) is 107 cm³/mol. The third kappa shape index (κ3) is 8.02. The number of hydrogen-bond donors (Lipinski definition) is 2. The molecule has 154 valence electrons. The number of rotatable bonds is 12. The molecule has 1 atom stereocenters. The van der Waals surface area contributed by atoms with E-state index in [9.17, 15) is 5.11 Å². The van der Waals surface area contributed by atoms with E-state index in [0.29, 0.717) is 13.1 Å². The van der Waals surface area contributed by atoms with Gasteiger partial charge < -0.3 is 29.5 Å². The molecule has 7 heteroatoms. The Balaban J connectivity index is 1.83. The van der Waals surface area contributed by atoms with Crippen LogP contribution in [0.4, 0.5) is 0 Å². The van der Waals surface area contributed by atoms with Gasteiger partial charge in [-0.15, -0.1) is 0 Å². The molecule has 0 bridgehead atoms. The van der Waals surface area contributed by atoms with Crippen molar-refractivity contribution in [2.45, 2.75) is 19.1 Å². The van der Waals surface area contributed by atoms with Crippen molar-refractivity contribution < 1.29 is 19.3 Å². The second-order valence-corrected chi connectivity index (χ2v) is 7.07. The van der Waals surface area contributed by atoms with Crippen LogP contribution in [0.25, 0.3) is 0 Å². The number of nitrogens with zero attached hydrogens (tertiary/aromatic N) is 2. The summed E-state index contributed by atoms with van der Waals surface area (Å²) >= 11 is 0. The highest BCUT2D eigenvalue weighted by Crippen LogP contribution is 2.25. The zero-order chi connectivity index (χ0) is 19.5. The summed E-state index contributed by atoms with van der Waals surface area (Å²) in [5.41, 5.74) is 1.06. The molecule has 1 aromatic rings. The van der Waals surface area contributed by atoms with E-state index in [-0.39, 0.29) is 6.61 Å². The Bertz CT molecular complexity index is 536. The van der Waals surface area contributed by atoms with Gasteiger partial charge in [-0.2, -0.15) is 0 Å². The maximum atomic E-state index is 10.4. The molecule has 27 heavy (non-hydrogen) atoms. The van der Waals surface area contributed by atoms with Crippen LogP contribution in [0.5, 0.6) is 11.5 Å². The first-order chi connectivity index (χ1) is 13.1. The van der Waals surface area contributed by atoms with Gasteiger partial charge in [0.2, 0.25) is 0 Å². The molecule has 1 heterocycles. The van der Waals surface area contributed by atoms with Crippen LogP contribution < -0.4 is 14.8 Å². The third-order valence-electron chi connectivity index (χ3n) is 4.79. The molecule has 1 aliphatic heterocycles. The lowest BCUT2D eigenvalue weighted by molar-refractivity contribution is 0.0501. The third-order valence-corrected chi connectivity index (χ3v) is 4.79. The van der Waals surface area contributed by atoms with Crippen LogP contribution in [0, 0.1) is 0 Å². The van der Waals surface area contributed by atoms with Gasteiger partial charge in [0.05, 0.1) is 7.11 Å². The van der Waals surface area contributed by atoms with E-state index in [4.69, 9.17) is 14.2 Å². The van der Waals surface area contributed by atoms with Gasteiger partial charge in [0.25, 0.3) is 0 Å². The Morgan fingerprint density at radius 3 is 2.67 bits per heavy atom. The Morgan fingerprint density at radius 2 is 1.96 bits per heavy atom. The van der Waals surface area contributed by atoms with Crippen LogP contribution in [0.3, 0.4) is 0 Å². The zero-order valence-electron chi connectivity index (χ0n) is 16.9. The summed E-state index contributed by atoms with van der Waals surface area (Å²) < 4.78 is 16.3. The number of aliphatic hydroxyl groups is 1. The Labute approximate surface area is 163 Å². The van der Waals surface area contributed by atoms with E-state index in [2.05, 4.69) is 22.2 Å². The van der Waals surface area contributed by atoms with Crippen LogP contribution in [-0.4, -0.2) is 94.8 Å². The number of likely N-dealkylation sites (N-methyl/N-ethyl adjacent to an activating group) is 1. The molecular weight excluding hydrogens is 346 g/mol. The number of hydrogen-bond acceptors (Lipinski definition) is 7. The van der Waals surface area contributed by atoms with Gasteiger partial charge in [-0.25, -0.2) is 0 Å². The molecule has 1 aliphatic rings. The molecule has 0 spiro atoms. The average molecular weight is 382 g/mol. The van der Waals surface area contributed by atoms with Gasteiger partial charge in [-0.1, -0.05) is 6.07 Å². The van der Waals surface area contributed by atoms with Gasteiger partial charge in [-0.05, 0) is 26.1 Å². The Hall–Kier alpha value is -1.38. The lowest BCUT2D eigenvalue weighted by Gasteiger charge is -2.33. The molecular formula is C20H35N3O4. The number of β-amino-alcohol motifs (C(OH)–C–C–N with tert-alkyl or cyclic N) is 1. The minimum absolute atomic E-state index is 0.274. The van der Waals surface area contributed by atoms with Crippen molar-refractivity contribution in [1.29, 1.82) is 0 Å². The molecule has 2 N–H and O–H groups in total. The Kier molecular flexibility index (Phi) is 9.86. The summed E-state index contributed by atoms with van der Waals surface area (Å²) in [5, 5.41) is 13.8. The van der Waals surface area contributed by atoms with Crippen LogP contribution in [0.2, 0.25) is 0 Å². The molecule has 7 nitrogen and oxygen atoms in total. The first kappa shape index (κ1) is 21.9. The van der Waals surface area contributed by atoms with Crippen molar-refractivity contribution in [2.24, 2.45) is 0 Å². The zero-order valence-corrected chi connectivity index (χ0v) is 16.9. The summed E-state index contributed by atoms with van der Waals surface area (Å²) in [6, 6.07) is 5.82. The van der Waals surface area contributed by atoms with Crippen LogP contribution >= 0.6 is 0 Å². The molecule has 2 rings (SSSR count). The smallest absolute Gasteiger partial charge is 0.127 e. The van der Waals surface area contributed by atoms with E-state index in [1.807, 2.05) is 18.2 Å². The lowest BCUT2D eigenvalue weighted by atomic mass is 10.2. The Morgan fingerprint density at radius 1 is 1.19 bits per heavy atom. The number of methoxy groups -OCH3 is 2. The van der Waals surface area contributed by atoms with E-state index in [1.165, 1.54) is 0 Å². The number of nitrogens with one attached hydrogen (secondary N) is 1. The summed E-state index contributed by atoms with van der Waals surface area (Å²) in [4.78, 5) is 4.60. The fourth-order valence-electron chi connectivity index (χ4n) is 3.07. The first-order valence-electron chi connectivity index (χ1n) is 9.70. The van der Waals surface area contributed by atoms with Gasteiger partial charge in [0.1, 0.15) is 24.2 Å². The minimum Gasteiger partial charge on any atom is -0.497 e. The van der Waals surface area contributed by atoms with E-state index >= 15 is 0 Å². The quantitative estimate of drug-likeness (QED) is 0.520. The highest BCUT2D eigenvalue weighted by atomic mass is 16.5. The van der Waals surface area contributed by atoms with Crippen molar-refractivity contribution in [3.63, 3.8) is 0 Å². The number of ether oxygens (including phenoxy) is 3. The SMILES string of the molecule is COCCCNCc1ccc(OC)cc1OCC(O)CN1CCN(C)CC1. The fourth-order valence-corrected chi connectivity index (χ4v) is 3.07. The van der Waals surface area contributed by atoms with Crippen molar-refractivity contribution >= 4 is 0 Å². The maximum absolute atomic E-state index is 10.4. The topological polar surface area (TPSA) is 66.4 Å². The summed E-state index contributed by atoms with van der Waals surface area (Å²) in [6.45, 7) is 7.32. The van der Waals surface area contributed by atoms with E-state index < -0.39 is 6.10 Å². The highest BCUT2D eigenvalue weighted by molar-refractivity contribution is 5.40. The summed E-state index contributed by atoms with van der Waals surface area (Å²) in [6.07, 6.45) is 0.453. The van der Waals surface area contributed by atoms with E-state index in [1.54, 1.807) is 14.2 Å². The van der Waals surface area contributed by atoms with Crippen molar-refractivity contribution in [2.75, 3.05) is 73.7 Å². The normalized spacial score (nSPS) is 17.0. The molecule has 0 aliphatic carbocycles. The van der Waals surface area contributed by atoms with Crippen LogP contribution in [-0.2, 0) is 11.3 Å². The largest absolute Gasteiger partial charge is 0.497 e. The van der Waals surface area contributed by atoms with Crippen LogP contribution in [0.1, 0.15) is 12.0 Å². The van der Waals surface area contributed by atoms with Crippen molar-refractivity contribution in [3.8, 4) is 11.5 Å². The highest BCUT2D eigenvalue weighted by Gasteiger charge is 2.18. The summed E-state index contributed by atoms with van der Waals surface area (Å²) in [5.74, 6) is 1.51. The first-order valence-corrected chi connectivity index (χ1v) is 9.70. The number of benzene rings is 1. The fraction of sp³-hybridized carbons (Fsp3) is 0.700. The molecule has 1 fully saturated rings. The molecule has 1 saturated heterocycles. The van der Waals surface area contributed by atoms with Gasteiger partial charge in [-0.3, -0.25) is 4.90 Å². The minimum atomic E-state index is -0.512. The van der Waals surface area contributed by atoms with Gasteiger partial charge in [0, 0.05) is 64.6 Å². The molecule has 0 saturated carbocycles. The van der Waals surface area contributed by atoms with Crippen LogP contribution in [0.15, 0.2) is 18.2 Å². The molecule has 1 aromatic carbocycles. The number of aliphatic hydroxyl groups excluding tert-OH is 1.